The van der Waals surface area contributed by atoms with E-state index in [0.717, 1.165) is 12.8 Å². The molecule has 2 fully saturated rings. The van der Waals surface area contributed by atoms with Crippen molar-refractivity contribution in [2.24, 2.45) is 5.92 Å². The number of hydrogen-bond donors (Lipinski definition) is 1. The Kier molecular flexibility index (Phi) is 8.51. The molecular formula is C20H37NO. The van der Waals surface area contributed by atoms with E-state index in [1.807, 2.05) is 0 Å². The fourth-order valence-electron chi connectivity index (χ4n) is 4.36. The normalized spacial score (nSPS) is 28.6. The highest BCUT2D eigenvalue weighted by Crippen LogP contribution is 2.31. The lowest BCUT2D eigenvalue weighted by molar-refractivity contribution is -0.127. The summed E-state index contributed by atoms with van der Waals surface area (Å²) in [6.07, 6.45) is 19.4. The summed E-state index contributed by atoms with van der Waals surface area (Å²) in [4.78, 5) is 12.3. The fraction of sp³-hybridized carbons (Fsp3) is 0.950. The summed E-state index contributed by atoms with van der Waals surface area (Å²) >= 11 is 0. The van der Waals surface area contributed by atoms with E-state index < -0.39 is 0 Å². The van der Waals surface area contributed by atoms with Crippen LogP contribution in [0.15, 0.2) is 0 Å². The lowest BCUT2D eigenvalue weighted by Crippen LogP contribution is -2.53. The van der Waals surface area contributed by atoms with E-state index in [1.54, 1.807) is 0 Å². The molecule has 2 rings (SSSR count). The first-order valence-electron chi connectivity index (χ1n) is 10.1. The predicted molar refractivity (Wildman–Crippen MR) is 94.1 cm³/mol. The van der Waals surface area contributed by atoms with Crippen LogP contribution in [-0.2, 0) is 4.79 Å². The molecule has 0 aromatic heterocycles. The molecule has 3 unspecified atom stereocenters. The Labute approximate surface area is 137 Å². The minimum absolute atomic E-state index is 0.355. The zero-order valence-corrected chi connectivity index (χ0v) is 14.7. The average molecular weight is 308 g/mol. The number of rotatable bonds is 10. The molecule has 1 saturated carbocycles. The first-order valence-corrected chi connectivity index (χ1v) is 10.1. The maximum Gasteiger partial charge on any atom is 0.139 e. The molecule has 1 saturated heterocycles. The third-order valence-electron chi connectivity index (χ3n) is 5.73. The Hall–Kier alpha value is -0.370. The summed E-state index contributed by atoms with van der Waals surface area (Å²) in [5.41, 5.74) is 0. The van der Waals surface area contributed by atoms with Gasteiger partial charge in [0.05, 0.1) is 0 Å². The number of nitrogens with one attached hydrogen (secondary N) is 1. The van der Waals surface area contributed by atoms with Gasteiger partial charge in [0.1, 0.15) is 5.78 Å². The number of carbonyl (C=O) groups excluding carboxylic acids is 1. The number of unbranched alkanes of at least 4 members (excludes halogenated alkanes) is 8. The molecule has 2 heteroatoms. The molecule has 0 aromatic carbocycles. The molecular weight excluding hydrogens is 270 g/mol. The van der Waals surface area contributed by atoms with Gasteiger partial charge in [-0.05, 0) is 19.3 Å². The second-order valence-electron chi connectivity index (χ2n) is 7.65. The summed E-state index contributed by atoms with van der Waals surface area (Å²) < 4.78 is 0. The van der Waals surface area contributed by atoms with Crippen molar-refractivity contribution in [3.05, 3.63) is 0 Å². The number of hydrogen-bond acceptors (Lipinski definition) is 2. The van der Waals surface area contributed by atoms with Crippen LogP contribution in [0.4, 0.5) is 0 Å². The molecule has 2 aliphatic rings. The SMILES string of the molecule is CCCCCCCCCCCC1CC(=O)C2CCCCC2N1. The van der Waals surface area contributed by atoms with Crippen LogP contribution in [0.25, 0.3) is 0 Å². The molecule has 1 N–H and O–H groups in total. The summed E-state index contributed by atoms with van der Waals surface area (Å²) in [6.45, 7) is 2.28. The van der Waals surface area contributed by atoms with Gasteiger partial charge in [-0.1, -0.05) is 77.6 Å². The third kappa shape index (κ3) is 6.02. The molecule has 1 aliphatic carbocycles. The Morgan fingerprint density at radius 3 is 2.27 bits per heavy atom. The van der Waals surface area contributed by atoms with Gasteiger partial charge in [-0.15, -0.1) is 0 Å². The number of Topliss-reactive ketones (excluding diaryl/α,β-unsaturated/α-hetero) is 1. The Bertz CT molecular complexity index is 315. The van der Waals surface area contributed by atoms with Crippen molar-refractivity contribution in [3.8, 4) is 0 Å². The number of ketones is 1. The molecule has 1 heterocycles. The second-order valence-corrected chi connectivity index (χ2v) is 7.65. The van der Waals surface area contributed by atoms with Crippen LogP contribution in [0.5, 0.6) is 0 Å². The van der Waals surface area contributed by atoms with Crippen LogP contribution < -0.4 is 5.32 Å². The quantitative estimate of drug-likeness (QED) is 0.548. The minimum Gasteiger partial charge on any atom is -0.310 e. The fourth-order valence-corrected chi connectivity index (χ4v) is 4.36. The highest BCUT2D eigenvalue weighted by atomic mass is 16.1. The van der Waals surface area contributed by atoms with E-state index in [4.69, 9.17) is 0 Å². The molecule has 0 aromatic rings. The Morgan fingerprint density at radius 1 is 0.909 bits per heavy atom. The first kappa shape index (κ1) is 18.0. The Morgan fingerprint density at radius 2 is 1.55 bits per heavy atom. The molecule has 3 atom stereocenters. The standard InChI is InChI=1S/C20H37NO/c1-2-3-4-5-6-7-8-9-10-13-17-16-20(22)18-14-11-12-15-19(18)21-17/h17-19,21H,2-16H2,1H3. The van der Waals surface area contributed by atoms with Gasteiger partial charge < -0.3 is 5.32 Å². The van der Waals surface area contributed by atoms with Gasteiger partial charge in [-0.2, -0.15) is 0 Å². The van der Waals surface area contributed by atoms with Gasteiger partial charge in [0, 0.05) is 24.4 Å². The van der Waals surface area contributed by atoms with Crippen molar-refractivity contribution < 1.29 is 4.79 Å². The zero-order valence-electron chi connectivity index (χ0n) is 14.7. The first-order chi connectivity index (χ1) is 10.8. The number of carbonyl (C=O) groups is 1. The third-order valence-corrected chi connectivity index (χ3v) is 5.73. The van der Waals surface area contributed by atoms with Gasteiger partial charge in [0.2, 0.25) is 0 Å². The van der Waals surface area contributed by atoms with E-state index in [-0.39, 0.29) is 0 Å². The van der Waals surface area contributed by atoms with Crippen LogP contribution in [0.2, 0.25) is 0 Å². The molecule has 2 nitrogen and oxygen atoms in total. The lowest BCUT2D eigenvalue weighted by Gasteiger charge is -2.39. The van der Waals surface area contributed by atoms with Gasteiger partial charge in [0.15, 0.2) is 0 Å². The van der Waals surface area contributed by atoms with Crippen molar-refractivity contribution in [1.29, 1.82) is 0 Å². The topological polar surface area (TPSA) is 29.1 Å². The van der Waals surface area contributed by atoms with Crippen molar-refractivity contribution in [2.45, 2.75) is 115 Å². The summed E-state index contributed by atoms with van der Waals surface area (Å²) in [6, 6.07) is 0.995. The van der Waals surface area contributed by atoms with Crippen LogP contribution >= 0.6 is 0 Å². The second kappa shape index (κ2) is 10.4. The van der Waals surface area contributed by atoms with Crippen LogP contribution in [0.1, 0.15) is 103 Å². The highest BCUT2D eigenvalue weighted by molar-refractivity contribution is 5.83. The molecule has 1 aliphatic heterocycles. The maximum atomic E-state index is 12.3. The van der Waals surface area contributed by atoms with E-state index in [0.29, 0.717) is 23.8 Å². The van der Waals surface area contributed by atoms with Gasteiger partial charge in [-0.25, -0.2) is 0 Å². The summed E-state index contributed by atoms with van der Waals surface area (Å²) in [5.74, 6) is 0.914. The monoisotopic (exact) mass is 307 g/mol. The molecule has 0 amide bonds. The number of piperidine rings is 1. The Balaban J connectivity index is 1.50. The van der Waals surface area contributed by atoms with E-state index in [2.05, 4.69) is 12.2 Å². The van der Waals surface area contributed by atoms with Crippen LogP contribution in [-0.4, -0.2) is 17.9 Å². The van der Waals surface area contributed by atoms with E-state index in [9.17, 15) is 4.79 Å². The van der Waals surface area contributed by atoms with Gasteiger partial charge >= 0.3 is 0 Å². The zero-order chi connectivity index (χ0) is 15.6. The molecule has 22 heavy (non-hydrogen) atoms. The largest absolute Gasteiger partial charge is 0.310 e. The van der Waals surface area contributed by atoms with Crippen LogP contribution in [0.3, 0.4) is 0 Å². The molecule has 0 spiro atoms. The average Bonchev–Trinajstić information content (AvgIpc) is 2.53. The van der Waals surface area contributed by atoms with Crippen molar-refractivity contribution in [2.75, 3.05) is 0 Å². The lowest BCUT2D eigenvalue weighted by atomic mass is 9.76. The van der Waals surface area contributed by atoms with Crippen LogP contribution in [0, 0.1) is 5.92 Å². The molecule has 128 valence electrons. The smallest absolute Gasteiger partial charge is 0.139 e. The minimum atomic E-state index is 0.355. The van der Waals surface area contributed by atoms with Gasteiger partial charge in [-0.3, -0.25) is 4.79 Å². The molecule has 0 bridgehead atoms. The van der Waals surface area contributed by atoms with Crippen molar-refractivity contribution in [3.63, 3.8) is 0 Å². The van der Waals surface area contributed by atoms with Gasteiger partial charge in [0.25, 0.3) is 0 Å². The predicted octanol–water partition coefficient (Wildman–Crippen LogP) is 5.40. The van der Waals surface area contributed by atoms with Crippen molar-refractivity contribution in [1.82, 2.24) is 5.32 Å². The molecule has 0 radical (unpaired) electrons. The van der Waals surface area contributed by atoms with Crippen molar-refractivity contribution >= 4 is 5.78 Å². The highest BCUT2D eigenvalue weighted by Gasteiger charge is 2.36. The van der Waals surface area contributed by atoms with E-state index in [1.165, 1.54) is 83.5 Å². The van der Waals surface area contributed by atoms with E-state index >= 15 is 0 Å². The maximum absolute atomic E-state index is 12.3. The number of fused-ring (bicyclic) bond motifs is 1. The summed E-state index contributed by atoms with van der Waals surface area (Å²) in [7, 11) is 0. The summed E-state index contributed by atoms with van der Waals surface area (Å²) in [5, 5.41) is 3.79.